The van der Waals surface area contributed by atoms with Gasteiger partial charge in [0.15, 0.2) is 5.75 Å². The molecule has 1 aromatic rings. The molecule has 0 saturated carbocycles. The van der Waals surface area contributed by atoms with Gasteiger partial charge in [-0.2, -0.15) is 4.31 Å². The Kier molecular flexibility index (Phi) is 4.26. The third-order valence-corrected chi connectivity index (χ3v) is 6.46. The molecule has 2 atom stereocenters. The molecule has 2 aliphatic rings. The molecule has 3 rings (SSSR count). The third kappa shape index (κ3) is 2.91. The van der Waals surface area contributed by atoms with Crippen LogP contribution in [0.25, 0.3) is 0 Å². The van der Waals surface area contributed by atoms with Gasteiger partial charge in [0.1, 0.15) is 0 Å². The van der Waals surface area contributed by atoms with Crippen LogP contribution >= 0.6 is 0 Å². The van der Waals surface area contributed by atoms with E-state index in [0.717, 1.165) is 25.5 Å². The number of hydrogen-bond donors (Lipinski definition) is 1. The number of hydrogen-bond acceptors (Lipinski definition) is 6. The number of rotatable bonds is 4. The Morgan fingerprint density at radius 3 is 2.87 bits per heavy atom. The first-order valence-corrected chi connectivity index (χ1v) is 8.93. The van der Waals surface area contributed by atoms with Gasteiger partial charge >= 0.3 is 5.69 Å². The molecule has 0 radical (unpaired) electrons. The smallest absolute Gasteiger partial charge is 0.312 e. The van der Waals surface area contributed by atoms with Crippen molar-refractivity contribution in [2.45, 2.75) is 23.8 Å². The first-order chi connectivity index (χ1) is 10.9. The van der Waals surface area contributed by atoms with Gasteiger partial charge in [0.25, 0.3) is 0 Å². The molecule has 0 spiro atoms. The molecule has 2 saturated heterocycles. The molecule has 2 heterocycles. The molecule has 1 N–H and O–H groups in total. The third-order valence-electron chi connectivity index (χ3n) is 4.60. The highest BCUT2D eigenvalue weighted by Crippen LogP contribution is 2.33. The predicted octanol–water partition coefficient (Wildman–Crippen LogP) is 0.976. The molecular weight excluding hydrogens is 322 g/mol. The average molecular weight is 341 g/mol. The highest BCUT2D eigenvalue weighted by Gasteiger charge is 2.38. The van der Waals surface area contributed by atoms with E-state index in [9.17, 15) is 18.5 Å². The summed E-state index contributed by atoms with van der Waals surface area (Å²) in [4.78, 5) is 10.4. The van der Waals surface area contributed by atoms with Gasteiger partial charge in [0.2, 0.25) is 10.0 Å². The highest BCUT2D eigenvalue weighted by atomic mass is 32.2. The number of piperidine rings is 1. The van der Waals surface area contributed by atoms with Crippen molar-refractivity contribution >= 4 is 15.7 Å². The Balaban J connectivity index is 1.90. The Morgan fingerprint density at radius 1 is 1.39 bits per heavy atom. The number of nitro groups is 1. The summed E-state index contributed by atoms with van der Waals surface area (Å²) >= 11 is 0. The zero-order valence-corrected chi connectivity index (χ0v) is 13.6. The van der Waals surface area contributed by atoms with Crippen LogP contribution in [0.4, 0.5) is 5.69 Å². The number of ether oxygens (including phenoxy) is 1. The van der Waals surface area contributed by atoms with Gasteiger partial charge in [0, 0.05) is 25.2 Å². The van der Waals surface area contributed by atoms with Crippen LogP contribution in [0, 0.1) is 16.0 Å². The first-order valence-electron chi connectivity index (χ1n) is 7.49. The maximum atomic E-state index is 12.8. The van der Waals surface area contributed by atoms with Crippen molar-refractivity contribution in [2.75, 3.05) is 26.7 Å². The number of sulfonamides is 1. The molecule has 2 unspecified atom stereocenters. The molecular formula is C14H19N3O5S. The van der Waals surface area contributed by atoms with Crippen LogP contribution < -0.4 is 10.1 Å². The molecule has 0 aromatic heterocycles. The maximum Gasteiger partial charge on any atom is 0.312 e. The molecule has 0 bridgehead atoms. The molecule has 9 heteroatoms. The minimum absolute atomic E-state index is 0.0488. The first kappa shape index (κ1) is 16.2. The van der Waals surface area contributed by atoms with Crippen LogP contribution in [0.1, 0.15) is 12.8 Å². The lowest BCUT2D eigenvalue weighted by molar-refractivity contribution is -0.386. The second kappa shape index (κ2) is 6.06. The second-order valence-electron chi connectivity index (χ2n) is 5.85. The van der Waals surface area contributed by atoms with Crippen LogP contribution in [-0.2, 0) is 10.0 Å². The van der Waals surface area contributed by atoms with E-state index in [4.69, 9.17) is 4.74 Å². The Labute approximate surface area is 134 Å². The lowest BCUT2D eigenvalue weighted by Crippen LogP contribution is -2.46. The van der Waals surface area contributed by atoms with Crippen molar-refractivity contribution in [1.29, 1.82) is 0 Å². The standard InChI is InChI=1S/C14H19N3O5S/c1-22-14-3-2-11(8-13(14)17(18)19)23(20,21)16-7-5-12-10(9-16)4-6-15-12/h2-3,8,10,12,15H,4-7,9H2,1H3. The van der Waals surface area contributed by atoms with E-state index in [1.807, 2.05) is 0 Å². The molecule has 23 heavy (non-hydrogen) atoms. The zero-order valence-electron chi connectivity index (χ0n) is 12.8. The van der Waals surface area contributed by atoms with Gasteiger partial charge in [-0.3, -0.25) is 10.1 Å². The number of methoxy groups -OCH3 is 1. The van der Waals surface area contributed by atoms with Gasteiger partial charge < -0.3 is 10.1 Å². The SMILES string of the molecule is COc1ccc(S(=O)(=O)N2CCC3NCCC3C2)cc1[N+](=O)[O-]. The van der Waals surface area contributed by atoms with E-state index in [1.165, 1.54) is 23.5 Å². The van der Waals surface area contributed by atoms with E-state index < -0.39 is 14.9 Å². The molecule has 0 amide bonds. The zero-order chi connectivity index (χ0) is 16.6. The van der Waals surface area contributed by atoms with E-state index in [2.05, 4.69) is 5.32 Å². The summed E-state index contributed by atoms with van der Waals surface area (Å²) in [5.41, 5.74) is -0.342. The summed E-state index contributed by atoms with van der Waals surface area (Å²) in [7, 11) is -2.42. The van der Waals surface area contributed by atoms with Crippen molar-refractivity contribution < 1.29 is 18.1 Å². The molecule has 2 aliphatic heterocycles. The summed E-state index contributed by atoms with van der Waals surface area (Å²) in [6, 6.07) is 4.15. The van der Waals surface area contributed by atoms with Crippen LogP contribution in [0.15, 0.2) is 23.1 Å². The largest absolute Gasteiger partial charge is 0.490 e. The average Bonchev–Trinajstić information content (AvgIpc) is 3.01. The monoisotopic (exact) mass is 341 g/mol. The second-order valence-corrected chi connectivity index (χ2v) is 7.79. The quantitative estimate of drug-likeness (QED) is 0.647. The summed E-state index contributed by atoms with van der Waals surface area (Å²) < 4.78 is 31.9. The van der Waals surface area contributed by atoms with Gasteiger partial charge in [-0.25, -0.2) is 8.42 Å². The fraction of sp³-hybridized carbons (Fsp3) is 0.571. The minimum Gasteiger partial charge on any atom is -0.490 e. The van der Waals surface area contributed by atoms with Crippen molar-refractivity contribution in [3.05, 3.63) is 28.3 Å². The van der Waals surface area contributed by atoms with Gasteiger partial charge in [-0.1, -0.05) is 0 Å². The summed E-state index contributed by atoms with van der Waals surface area (Å²) in [6.07, 6.45) is 1.72. The number of benzene rings is 1. The van der Waals surface area contributed by atoms with E-state index in [-0.39, 0.29) is 16.3 Å². The van der Waals surface area contributed by atoms with Crippen LogP contribution in [0.2, 0.25) is 0 Å². The number of nitrogens with one attached hydrogen (secondary N) is 1. The van der Waals surface area contributed by atoms with Crippen LogP contribution in [0.3, 0.4) is 0 Å². The number of fused-ring (bicyclic) bond motifs is 1. The molecule has 2 fully saturated rings. The fourth-order valence-electron chi connectivity index (χ4n) is 3.35. The normalized spacial score (nSPS) is 25.1. The fourth-order valence-corrected chi connectivity index (χ4v) is 4.89. The van der Waals surface area contributed by atoms with Gasteiger partial charge in [0.05, 0.1) is 16.9 Å². The lowest BCUT2D eigenvalue weighted by atomic mass is 9.95. The van der Waals surface area contributed by atoms with Gasteiger partial charge in [-0.05, 0) is 37.4 Å². The minimum atomic E-state index is -3.74. The Bertz CT molecular complexity index is 721. The number of nitrogens with zero attached hydrogens (tertiary/aromatic N) is 2. The van der Waals surface area contributed by atoms with Crippen LogP contribution in [0.5, 0.6) is 5.75 Å². The molecule has 1 aromatic carbocycles. The van der Waals surface area contributed by atoms with E-state index in [1.54, 1.807) is 0 Å². The van der Waals surface area contributed by atoms with Crippen molar-refractivity contribution in [3.63, 3.8) is 0 Å². The molecule has 0 aliphatic carbocycles. The Hall–Kier alpha value is -1.71. The van der Waals surface area contributed by atoms with E-state index >= 15 is 0 Å². The van der Waals surface area contributed by atoms with Gasteiger partial charge in [-0.15, -0.1) is 0 Å². The number of nitro benzene ring substituents is 1. The summed E-state index contributed by atoms with van der Waals surface area (Å²) in [5, 5.41) is 14.5. The Morgan fingerprint density at radius 2 is 2.17 bits per heavy atom. The maximum absolute atomic E-state index is 12.8. The van der Waals surface area contributed by atoms with Crippen molar-refractivity contribution in [3.8, 4) is 5.75 Å². The topological polar surface area (TPSA) is 102 Å². The summed E-state index contributed by atoms with van der Waals surface area (Å²) in [5.74, 6) is 0.361. The predicted molar refractivity (Wildman–Crippen MR) is 82.9 cm³/mol. The van der Waals surface area contributed by atoms with Crippen LogP contribution in [-0.4, -0.2) is 50.4 Å². The molecule has 8 nitrogen and oxygen atoms in total. The van der Waals surface area contributed by atoms with Crippen molar-refractivity contribution in [1.82, 2.24) is 9.62 Å². The lowest BCUT2D eigenvalue weighted by Gasteiger charge is -2.33. The van der Waals surface area contributed by atoms with Crippen molar-refractivity contribution in [2.24, 2.45) is 5.92 Å². The van der Waals surface area contributed by atoms with E-state index in [0.29, 0.717) is 25.0 Å². The highest BCUT2D eigenvalue weighted by molar-refractivity contribution is 7.89. The molecule has 126 valence electrons. The summed E-state index contributed by atoms with van der Waals surface area (Å²) in [6.45, 7) is 1.80.